The normalized spacial score (nSPS) is 10.2. The Morgan fingerprint density at radius 1 is 1.12 bits per heavy atom. The summed E-state index contributed by atoms with van der Waals surface area (Å²) < 4.78 is 0. The highest BCUT2D eigenvalue weighted by Crippen LogP contribution is 2.09. The van der Waals surface area contributed by atoms with E-state index in [1.807, 2.05) is 36.7 Å². The van der Waals surface area contributed by atoms with E-state index in [2.05, 4.69) is 28.3 Å². The molecule has 0 atom stereocenters. The summed E-state index contributed by atoms with van der Waals surface area (Å²) >= 11 is 0. The average Bonchev–Trinajstić information content (AvgIpc) is 2.38. The minimum Gasteiger partial charge on any atom is -0.370 e. The van der Waals surface area contributed by atoms with Crippen molar-refractivity contribution in [2.45, 2.75) is 19.8 Å². The summed E-state index contributed by atoms with van der Waals surface area (Å²) in [5.41, 5.74) is 2.32. The highest BCUT2D eigenvalue weighted by Gasteiger charge is 1.99. The molecular weight excluding hydrogens is 210 g/mol. The number of nitrogens with one attached hydrogen (secondary N) is 1. The largest absolute Gasteiger partial charge is 0.370 e. The molecule has 2 rings (SSSR count). The Labute approximate surface area is 102 Å². The fraction of sp³-hybridized carbons (Fsp3) is 0.286. The number of hydrogen-bond acceptors (Lipinski definition) is 3. The smallest absolute Gasteiger partial charge is 0.126 e. The molecule has 0 spiro atoms. The van der Waals surface area contributed by atoms with E-state index in [1.165, 1.54) is 5.56 Å². The Hall–Kier alpha value is -1.90. The molecule has 0 fully saturated rings. The lowest BCUT2D eigenvalue weighted by atomic mass is 10.1. The predicted molar refractivity (Wildman–Crippen MR) is 70.1 cm³/mol. The average molecular weight is 227 g/mol. The number of rotatable bonds is 5. The van der Waals surface area contributed by atoms with Crippen LogP contribution in [-0.2, 0) is 6.42 Å². The van der Waals surface area contributed by atoms with Gasteiger partial charge < -0.3 is 5.32 Å². The molecule has 0 saturated carbocycles. The molecule has 0 aliphatic carbocycles. The quantitative estimate of drug-likeness (QED) is 0.853. The van der Waals surface area contributed by atoms with Crippen LogP contribution in [0.1, 0.15) is 24.6 Å². The van der Waals surface area contributed by atoms with Crippen LogP contribution in [-0.4, -0.2) is 16.5 Å². The van der Waals surface area contributed by atoms with Crippen LogP contribution in [0, 0.1) is 0 Å². The third-order valence-corrected chi connectivity index (χ3v) is 2.50. The van der Waals surface area contributed by atoms with Gasteiger partial charge in [-0.1, -0.05) is 13.0 Å². The van der Waals surface area contributed by atoms with Crippen molar-refractivity contribution in [3.05, 3.63) is 54.0 Å². The van der Waals surface area contributed by atoms with Crippen LogP contribution in [0.15, 0.2) is 42.7 Å². The van der Waals surface area contributed by atoms with Gasteiger partial charge in [0, 0.05) is 31.1 Å². The number of anilines is 1. The SMILES string of the molecule is CCCNc1cccc(Cc2ccncc2)n1. The lowest BCUT2D eigenvalue weighted by molar-refractivity contribution is 0.960. The topological polar surface area (TPSA) is 37.8 Å². The van der Waals surface area contributed by atoms with Gasteiger partial charge in [-0.15, -0.1) is 0 Å². The highest BCUT2D eigenvalue weighted by molar-refractivity contribution is 5.36. The molecule has 3 heteroatoms. The van der Waals surface area contributed by atoms with Gasteiger partial charge in [-0.2, -0.15) is 0 Å². The maximum absolute atomic E-state index is 4.57. The van der Waals surface area contributed by atoms with E-state index in [9.17, 15) is 0 Å². The zero-order chi connectivity index (χ0) is 11.9. The van der Waals surface area contributed by atoms with E-state index in [0.717, 1.165) is 30.9 Å². The first kappa shape index (κ1) is 11.6. The first-order chi connectivity index (χ1) is 8.38. The first-order valence-corrected chi connectivity index (χ1v) is 5.97. The van der Waals surface area contributed by atoms with E-state index in [-0.39, 0.29) is 0 Å². The summed E-state index contributed by atoms with van der Waals surface area (Å²) in [4.78, 5) is 8.59. The molecule has 2 aromatic heterocycles. The number of pyridine rings is 2. The molecule has 0 aliphatic heterocycles. The second-order valence-electron chi connectivity index (χ2n) is 3.97. The van der Waals surface area contributed by atoms with Crippen LogP contribution in [0.4, 0.5) is 5.82 Å². The second-order valence-corrected chi connectivity index (χ2v) is 3.97. The minimum atomic E-state index is 0.851. The van der Waals surface area contributed by atoms with Crippen LogP contribution < -0.4 is 5.32 Å². The fourth-order valence-corrected chi connectivity index (χ4v) is 1.64. The first-order valence-electron chi connectivity index (χ1n) is 5.97. The summed E-state index contributed by atoms with van der Waals surface area (Å²) in [6, 6.07) is 10.1. The van der Waals surface area contributed by atoms with E-state index in [0.29, 0.717) is 0 Å². The monoisotopic (exact) mass is 227 g/mol. The maximum Gasteiger partial charge on any atom is 0.126 e. The van der Waals surface area contributed by atoms with Crippen molar-refractivity contribution in [3.63, 3.8) is 0 Å². The van der Waals surface area contributed by atoms with Crippen molar-refractivity contribution in [1.82, 2.24) is 9.97 Å². The van der Waals surface area contributed by atoms with Gasteiger partial charge in [-0.25, -0.2) is 4.98 Å². The predicted octanol–water partition coefficient (Wildman–Crippen LogP) is 2.89. The minimum absolute atomic E-state index is 0.851. The third-order valence-electron chi connectivity index (χ3n) is 2.50. The Kier molecular flexibility index (Phi) is 4.08. The molecule has 0 bridgehead atoms. The molecule has 88 valence electrons. The lowest BCUT2D eigenvalue weighted by Crippen LogP contribution is -2.03. The second kappa shape index (κ2) is 5.99. The Bertz CT molecular complexity index is 454. The zero-order valence-corrected chi connectivity index (χ0v) is 10.1. The summed E-state index contributed by atoms with van der Waals surface area (Å²) in [7, 11) is 0. The summed E-state index contributed by atoms with van der Waals surface area (Å²) in [6.07, 6.45) is 5.59. The molecule has 0 unspecified atom stereocenters. The van der Waals surface area contributed by atoms with Crippen molar-refractivity contribution < 1.29 is 0 Å². The van der Waals surface area contributed by atoms with Gasteiger partial charge in [-0.05, 0) is 36.2 Å². The maximum atomic E-state index is 4.57. The van der Waals surface area contributed by atoms with Gasteiger partial charge in [0.2, 0.25) is 0 Å². The van der Waals surface area contributed by atoms with Gasteiger partial charge in [0.05, 0.1) is 0 Å². The lowest BCUT2D eigenvalue weighted by Gasteiger charge is -2.06. The van der Waals surface area contributed by atoms with Gasteiger partial charge >= 0.3 is 0 Å². The van der Waals surface area contributed by atoms with E-state index < -0.39 is 0 Å². The van der Waals surface area contributed by atoms with Gasteiger partial charge in [-0.3, -0.25) is 4.98 Å². The molecule has 0 radical (unpaired) electrons. The molecule has 0 amide bonds. The van der Waals surface area contributed by atoms with E-state index >= 15 is 0 Å². The van der Waals surface area contributed by atoms with Crippen molar-refractivity contribution in [2.24, 2.45) is 0 Å². The molecule has 0 saturated heterocycles. The molecule has 0 aliphatic rings. The number of aromatic nitrogens is 2. The van der Waals surface area contributed by atoms with Gasteiger partial charge in [0.15, 0.2) is 0 Å². The molecule has 2 heterocycles. The Morgan fingerprint density at radius 3 is 2.71 bits per heavy atom. The van der Waals surface area contributed by atoms with Gasteiger partial charge in [0.1, 0.15) is 5.82 Å². The molecular formula is C14H17N3. The number of nitrogens with zero attached hydrogens (tertiary/aromatic N) is 2. The van der Waals surface area contributed by atoms with Crippen LogP contribution >= 0.6 is 0 Å². The zero-order valence-electron chi connectivity index (χ0n) is 10.1. The summed E-state index contributed by atoms with van der Waals surface area (Å²) in [6.45, 7) is 3.11. The Morgan fingerprint density at radius 2 is 1.94 bits per heavy atom. The third kappa shape index (κ3) is 3.55. The Balaban J connectivity index is 2.06. The molecule has 17 heavy (non-hydrogen) atoms. The van der Waals surface area contributed by atoms with Gasteiger partial charge in [0.25, 0.3) is 0 Å². The number of hydrogen-bond donors (Lipinski definition) is 1. The fourth-order valence-electron chi connectivity index (χ4n) is 1.64. The van der Waals surface area contributed by atoms with Crippen molar-refractivity contribution in [2.75, 3.05) is 11.9 Å². The highest BCUT2D eigenvalue weighted by atomic mass is 15.0. The summed E-state index contributed by atoms with van der Waals surface area (Å²) in [5.74, 6) is 0.957. The standard InChI is InChI=1S/C14H17N3/c1-2-8-16-14-5-3-4-13(17-14)11-12-6-9-15-10-7-12/h3-7,9-10H,2,8,11H2,1H3,(H,16,17). The van der Waals surface area contributed by atoms with Crippen LogP contribution in [0.25, 0.3) is 0 Å². The van der Waals surface area contributed by atoms with Crippen molar-refractivity contribution in [1.29, 1.82) is 0 Å². The molecule has 3 nitrogen and oxygen atoms in total. The molecule has 2 aromatic rings. The van der Waals surface area contributed by atoms with E-state index in [4.69, 9.17) is 0 Å². The van der Waals surface area contributed by atoms with Crippen molar-refractivity contribution in [3.8, 4) is 0 Å². The van der Waals surface area contributed by atoms with Crippen LogP contribution in [0.2, 0.25) is 0 Å². The van der Waals surface area contributed by atoms with Crippen LogP contribution in [0.5, 0.6) is 0 Å². The molecule has 0 aromatic carbocycles. The van der Waals surface area contributed by atoms with E-state index in [1.54, 1.807) is 0 Å². The van der Waals surface area contributed by atoms with Crippen LogP contribution in [0.3, 0.4) is 0 Å². The van der Waals surface area contributed by atoms with Crippen molar-refractivity contribution >= 4 is 5.82 Å². The summed E-state index contributed by atoms with van der Waals surface area (Å²) in [5, 5.41) is 3.30. The molecule has 1 N–H and O–H groups in total.